The fourth-order valence-corrected chi connectivity index (χ4v) is 2.03. The van der Waals surface area contributed by atoms with Crippen molar-refractivity contribution in [2.24, 2.45) is 0 Å². The molecule has 0 aliphatic carbocycles. The molecule has 0 spiro atoms. The van der Waals surface area contributed by atoms with E-state index in [0.29, 0.717) is 5.75 Å². The van der Waals surface area contributed by atoms with E-state index in [4.69, 9.17) is 9.16 Å². The monoisotopic (exact) mass is 284 g/mol. The van der Waals surface area contributed by atoms with Crippen LogP contribution < -0.4 is 4.74 Å². The topological polar surface area (TPSA) is 35.5 Å². The van der Waals surface area contributed by atoms with Gasteiger partial charge in [-0.2, -0.15) is 0 Å². The molecule has 0 aliphatic heterocycles. The fraction of sp³-hybridized carbons (Fsp3) is 0.500. The first-order valence-corrected chi connectivity index (χ1v) is 9.13. The lowest BCUT2D eigenvalue weighted by atomic mass is 10.2. The van der Waals surface area contributed by atoms with E-state index < -0.39 is 14.3 Å². The van der Waals surface area contributed by atoms with Gasteiger partial charge in [0.05, 0.1) is 0 Å². The van der Waals surface area contributed by atoms with Crippen LogP contribution in [0.2, 0.25) is 18.1 Å². The first-order chi connectivity index (χ1) is 8.62. The average molecular weight is 284 g/mol. The number of halogens is 1. The molecular weight excluding hydrogens is 263 g/mol. The van der Waals surface area contributed by atoms with Crippen LogP contribution in [-0.2, 0) is 9.22 Å². The minimum absolute atomic E-state index is 0.0448. The van der Waals surface area contributed by atoms with Crippen LogP contribution in [0.15, 0.2) is 24.3 Å². The van der Waals surface area contributed by atoms with Crippen LogP contribution in [0.25, 0.3) is 0 Å². The maximum Gasteiger partial charge on any atom is 0.336 e. The van der Waals surface area contributed by atoms with Crippen LogP contribution in [-0.4, -0.2) is 20.9 Å². The summed E-state index contributed by atoms with van der Waals surface area (Å²) in [6, 6.07) is 5.33. The lowest BCUT2D eigenvalue weighted by Crippen LogP contribution is -2.42. The second kappa shape index (κ2) is 5.84. The van der Waals surface area contributed by atoms with Gasteiger partial charge in [0.2, 0.25) is 0 Å². The Morgan fingerprint density at radius 3 is 2.21 bits per heavy atom. The number of carbonyl (C=O) groups excluding carboxylic acids is 1. The lowest BCUT2D eigenvalue weighted by molar-refractivity contribution is -0.136. The van der Waals surface area contributed by atoms with E-state index in [1.54, 1.807) is 0 Å². The Morgan fingerprint density at radius 2 is 1.74 bits per heavy atom. The molecular formula is C14H21FO3Si. The fourth-order valence-electron chi connectivity index (χ4n) is 1.12. The summed E-state index contributed by atoms with van der Waals surface area (Å²) in [5.74, 6) is -0.501. The van der Waals surface area contributed by atoms with Crippen LogP contribution >= 0.6 is 0 Å². The van der Waals surface area contributed by atoms with Gasteiger partial charge < -0.3 is 9.16 Å². The van der Waals surface area contributed by atoms with Crippen molar-refractivity contribution < 1.29 is 18.3 Å². The van der Waals surface area contributed by atoms with Crippen molar-refractivity contribution in [3.05, 3.63) is 30.1 Å². The highest BCUT2D eigenvalue weighted by atomic mass is 28.4. The summed E-state index contributed by atoms with van der Waals surface area (Å²) >= 11 is 0. The van der Waals surface area contributed by atoms with Crippen LogP contribution in [0.3, 0.4) is 0 Å². The Kier molecular flexibility index (Phi) is 4.87. The van der Waals surface area contributed by atoms with Gasteiger partial charge in [0, 0.05) is 0 Å². The van der Waals surface area contributed by atoms with Gasteiger partial charge in [0.25, 0.3) is 0 Å². The SMILES string of the molecule is CC(C)(C)[Si](C)(C)OCC(=O)Oc1ccc(F)cc1. The van der Waals surface area contributed by atoms with Crippen molar-refractivity contribution in [1.29, 1.82) is 0 Å². The van der Waals surface area contributed by atoms with E-state index in [-0.39, 0.29) is 17.5 Å². The number of hydrogen-bond acceptors (Lipinski definition) is 3. The molecule has 106 valence electrons. The van der Waals surface area contributed by atoms with Gasteiger partial charge >= 0.3 is 5.97 Å². The summed E-state index contributed by atoms with van der Waals surface area (Å²) in [4.78, 5) is 11.7. The molecule has 0 saturated heterocycles. The Labute approximate surface area is 114 Å². The molecule has 1 aromatic rings. The summed E-state index contributed by atoms with van der Waals surface area (Å²) < 4.78 is 23.5. The van der Waals surface area contributed by atoms with E-state index in [9.17, 15) is 9.18 Å². The smallest absolute Gasteiger partial charge is 0.336 e. The van der Waals surface area contributed by atoms with Gasteiger partial charge in [-0.15, -0.1) is 0 Å². The third-order valence-corrected chi connectivity index (χ3v) is 7.88. The molecule has 0 fully saturated rings. The molecule has 0 unspecified atom stereocenters. The van der Waals surface area contributed by atoms with Gasteiger partial charge in [-0.3, -0.25) is 0 Å². The van der Waals surface area contributed by atoms with Gasteiger partial charge in [0.1, 0.15) is 18.2 Å². The second-order valence-electron chi connectivity index (χ2n) is 5.98. The number of ether oxygens (including phenoxy) is 1. The number of hydrogen-bond donors (Lipinski definition) is 0. The van der Waals surface area contributed by atoms with Crippen molar-refractivity contribution in [2.75, 3.05) is 6.61 Å². The summed E-state index contributed by atoms with van der Waals surface area (Å²) in [5, 5.41) is 0.0448. The number of esters is 1. The maximum atomic E-state index is 12.7. The Morgan fingerprint density at radius 1 is 1.21 bits per heavy atom. The Hall–Kier alpha value is -1.20. The van der Waals surface area contributed by atoms with Crippen molar-refractivity contribution >= 4 is 14.3 Å². The second-order valence-corrected chi connectivity index (χ2v) is 10.8. The van der Waals surface area contributed by atoms with Gasteiger partial charge in [-0.05, 0) is 42.4 Å². The standard InChI is InChI=1S/C14H21FO3Si/c1-14(2,3)19(4,5)17-10-13(16)18-12-8-6-11(15)7-9-12/h6-9H,10H2,1-5H3. The number of carbonyl (C=O) groups is 1. The average Bonchev–Trinajstić information content (AvgIpc) is 2.28. The van der Waals surface area contributed by atoms with Crippen LogP contribution in [0.4, 0.5) is 4.39 Å². The van der Waals surface area contributed by atoms with Gasteiger partial charge in [-0.25, -0.2) is 9.18 Å². The van der Waals surface area contributed by atoms with Crippen LogP contribution in [0, 0.1) is 5.82 Å². The van der Waals surface area contributed by atoms with Crippen LogP contribution in [0.5, 0.6) is 5.75 Å². The minimum atomic E-state index is -1.95. The molecule has 0 aliphatic rings. The zero-order valence-electron chi connectivity index (χ0n) is 12.1. The van der Waals surface area contributed by atoms with Crippen molar-refractivity contribution in [3.8, 4) is 5.75 Å². The minimum Gasteiger partial charge on any atom is -0.425 e. The predicted molar refractivity (Wildman–Crippen MR) is 75.2 cm³/mol. The largest absolute Gasteiger partial charge is 0.425 e. The maximum absolute atomic E-state index is 12.7. The molecule has 3 nitrogen and oxygen atoms in total. The molecule has 0 saturated carbocycles. The van der Waals surface area contributed by atoms with Gasteiger partial charge in [0.15, 0.2) is 8.32 Å². The zero-order valence-corrected chi connectivity index (χ0v) is 13.1. The molecule has 0 N–H and O–H groups in total. The molecule has 0 heterocycles. The van der Waals surface area contributed by atoms with Crippen molar-refractivity contribution in [1.82, 2.24) is 0 Å². The Balaban J connectivity index is 2.51. The molecule has 0 atom stereocenters. The molecule has 0 radical (unpaired) electrons. The Bertz CT molecular complexity index is 435. The molecule has 1 rings (SSSR count). The van der Waals surface area contributed by atoms with Crippen molar-refractivity contribution in [3.63, 3.8) is 0 Å². The third-order valence-electron chi connectivity index (χ3n) is 3.40. The van der Waals surface area contributed by atoms with E-state index in [1.165, 1.54) is 24.3 Å². The number of rotatable bonds is 4. The lowest BCUT2D eigenvalue weighted by Gasteiger charge is -2.35. The van der Waals surface area contributed by atoms with Crippen molar-refractivity contribution in [2.45, 2.75) is 38.9 Å². The summed E-state index contributed by atoms with van der Waals surface area (Å²) in [6.45, 7) is 10.4. The molecule has 0 amide bonds. The van der Waals surface area contributed by atoms with E-state index in [1.807, 2.05) is 0 Å². The molecule has 0 bridgehead atoms. The molecule has 0 aromatic heterocycles. The molecule has 1 aromatic carbocycles. The predicted octanol–water partition coefficient (Wildman–Crippen LogP) is 3.75. The van der Waals surface area contributed by atoms with E-state index in [2.05, 4.69) is 33.9 Å². The molecule has 19 heavy (non-hydrogen) atoms. The van der Waals surface area contributed by atoms with Crippen LogP contribution in [0.1, 0.15) is 20.8 Å². The third kappa shape index (κ3) is 4.76. The highest BCUT2D eigenvalue weighted by Crippen LogP contribution is 2.36. The van der Waals surface area contributed by atoms with E-state index in [0.717, 1.165) is 0 Å². The van der Waals surface area contributed by atoms with Gasteiger partial charge in [-0.1, -0.05) is 20.8 Å². The first-order valence-electron chi connectivity index (χ1n) is 6.22. The first kappa shape index (κ1) is 15.9. The summed E-state index contributed by atoms with van der Waals surface area (Å²) in [6.07, 6.45) is 0. The normalized spacial score (nSPS) is 12.3. The quantitative estimate of drug-likeness (QED) is 0.480. The summed E-state index contributed by atoms with van der Waals surface area (Å²) in [5.41, 5.74) is 0. The zero-order chi connectivity index (χ0) is 14.7. The number of benzene rings is 1. The highest BCUT2D eigenvalue weighted by Gasteiger charge is 2.37. The highest BCUT2D eigenvalue weighted by molar-refractivity contribution is 6.74. The molecule has 5 heteroatoms. The summed E-state index contributed by atoms with van der Waals surface area (Å²) in [7, 11) is -1.95. The van der Waals surface area contributed by atoms with E-state index >= 15 is 0 Å².